The lowest BCUT2D eigenvalue weighted by Crippen LogP contribution is -2.24. The molecule has 0 spiro atoms. The predicted molar refractivity (Wildman–Crippen MR) is 35.9 cm³/mol. The van der Waals surface area contributed by atoms with Crippen molar-refractivity contribution in [1.29, 1.82) is 0 Å². The summed E-state index contributed by atoms with van der Waals surface area (Å²) < 4.78 is 13.2. The molecule has 2 N–H and O–H groups in total. The van der Waals surface area contributed by atoms with Gasteiger partial charge in [-0.05, 0) is 38.6 Å². The molecular weight excluding hydrogens is 117 g/mol. The summed E-state index contributed by atoms with van der Waals surface area (Å²) in [6, 6.07) is 0. The van der Waals surface area contributed by atoms with Crippen molar-refractivity contribution in [1.82, 2.24) is 0 Å². The van der Waals surface area contributed by atoms with Crippen LogP contribution in [0.3, 0.4) is 0 Å². The van der Waals surface area contributed by atoms with E-state index in [1.165, 1.54) is 0 Å². The van der Waals surface area contributed by atoms with Crippen LogP contribution in [0.15, 0.2) is 0 Å². The maximum Gasteiger partial charge on any atom is 0.112 e. The molecule has 1 fully saturated rings. The van der Waals surface area contributed by atoms with E-state index in [2.05, 4.69) is 0 Å². The third kappa shape index (κ3) is 1.65. The van der Waals surface area contributed by atoms with Crippen molar-refractivity contribution >= 4 is 0 Å². The average Bonchev–Trinajstić information content (AvgIpc) is 2.41. The highest BCUT2D eigenvalue weighted by molar-refractivity contribution is 4.91. The summed E-state index contributed by atoms with van der Waals surface area (Å²) in [7, 11) is 0. The summed E-state index contributed by atoms with van der Waals surface area (Å²) in [5.41, 5.74) is 4.28. The van der Waals surface area contributed by atoms with Crippen LogP contribution in [0.4, 0.5) is 4.39 Å². The normalized spacial score (nSPS) is 25.7. The van der Waals surface area contributed by atoms with Crippen molar-refractivity contribution in [3.63, 3.8) is 0 Å². The molecule has 0 bridgehead atoms. The van der Waals surface area contributed by atoms with Crippen LogP contribution in [0.5, 0.6) is 0 Å². The van der Waals surface area contributed by atoms with E-state index in [9.17, 15) is 4.39 Å². The first-order valence-corrected chi connectivity index (χ1v) is 3.56. The Balaban J connectivity index is 2.30. The zero-order valence-electron chi connectivity index (χ0n) is 5.86. The van der Waals surface area contributed by atoms with Gasteiger partial charge in [0.1, 0.15) is 5.67 Å². The Hall–Kier alpha value is -0.110. The second-order valence-electron chi connectivity index (χ2n) is 3.09. The SMILES string of the molecule is CC(F)(CCN)C1CC1. The van der Waals surface area contributed by atoms with Crippen LogP contribution in [-0.4, -0.2) is 12.2 Å². The molecule has 0 radical (unpaired) electrons. The summed E-state index contributed by atoms with van der Waals surface area (Å²) >= 11 is 0. The van der Waals surface area contributed by atoms with E-state index in [1.807, 2.05) is 0 Å². The van der Waals surface area contributed by atoms with Crippen LogP contribution in [0.25, 0.3) is 0 Å². The maximum atomic E-state index is 13.2. The molecule has 0 aromatic rings. The number of rotatable bonds is 3. The van der Waals surface area contributed by atoms with Crippen LogP contribution in [0.1, 0.15) is 26.2 Å². The molecule has 0 saturated heterocycles. The summed E-state index contributed by atoms with van der Waals surface area (Å²) in [5, 5.41) is 0. The standard InChI is InChI=1S/C7H14FN/c1-7(8,4-5-9)6-2-3-6/h6H,2-5,9H2,1H3. The van der Waals surface area contributed by atoms with Gasteiger partial charge in [-0.1, -0.05) is 0 Å². The number of nitrogens with two attached hydrogens (primary N) is 1. The lowest BCUT2D eigenvalue weighted by Gasteiger charge is -2.17. The van der Waals surface area contributed by atoms with Gasteiger partial charge in [-0.2, -0.15) is 0 Å². The largest absolute Gasteiger partial charge is 0.330 e. The van der Waals surface area contributed by atoms with Gasteiger partial charge in [0.25, 0.3) is 0 Å². The molecule has 1 unspecified atom stereocenters. The number of hydrogen-bond acceptors (Lipinski definition) is 1. The molecule has 0 heterocycles. The second kappa shape index (κ2) is 2.25. The molecule has 0 aromatic heterocycles. The minimum atomic E-state index is -0.964. The Bertz CT molecular complexity index is 97.1. The first kappa shape index (κ1) is 7.00. The van der Waals surface area contributed by atoms with Crippen molar-refractivity contribution in [3.8, 4) is 0 Å². The number of alkyl halides is 1. The Morgan fingerprint density at radius 2 is 2.22 bits per heavy atom. The molecule has 0 aliphatic heterocycles. The first-order chi connectivity index (χ1) is 4.17. The summed E-state index contributed by atoms with van der Waals surface area (Å²) in [6.45, 7) is 2.14. The van der Waals surface area contributed by atoms with Gasteiger partial charge in [-0.3, -0.25) is 0 Å². The van der Waals surface area contributed by atoms with Crippen molar-refractivity contribution in [2.45, 2.75) is 31.9 Å². The van der Waals surface area contributed by atoms with E-state index in [0.29, 0.717) is 18.9 Å². The third-order valence-corrected chi connectivity index (χ3v) is 2.06. The predicted octanol–water partition coefficient (Wildman–Crippen LogP) is 1.47. The quantitative estimate of drug-likeness (QED) is 0.616. The van der Waals surface area contributed by atoms with Crippen molar-refractivity contribution in [2.75, 3.05) is 6.54 Å². The van der Waals surface area contributed by atoms with Crippen molar-refractivity contribution in [3.05, 3.63) is 0 Å². The van der Waals surface area contributed by atoms with Crippen molar-refractivity contribution < 1.29 is 4.39 Å². The lowest BCUT2D eigenvalue weighted by atomic mass is 9.99. The van der Waals surface area contributed by atoms with E-state index < -0.39 is 5.67 Å². The minimum absolute atomic E-state index is 0.320. The molecule has 54 valence electrons. The smallest absolute Gasteiger partial charge is 0.112 e. The fraction of sp³-hybridized carbons (Fsp3) is 1.00. The Labute approximate surface area is 55.4 Å². The van der Waals surface area contributed by atoms with Gasteiger partial charge in [-0.25, -0.2) is 4.39 Å². The van der Waals surface area contributed by atoms with Crippen LogP contribution in [0.2, 0.25) is 0 Å². The average molecular weight is 131 g/mol. The van der Waals surface area contributed by atoms with Gasteiger partial charge in [-0.15, -0.1) is 0 Å². The van der Waals surface area contributed by atoms with Gasteiger partial charge in [0.2, 0.25) is 0 Å². The third-order valence-electron chi connectivity index (χ3n) is 2.06. The zero-order valence-corrected chi connectivity index (χ0v) is 5.86. The lowest BCUT2D eigenvalue weighted by molar-refractivity contribution is 0.147. The van der Waals surface area contributed by atoms with E-state index >= 15 is 0 Å². The van der Waals surface area contributed by atoms with Crippen LogP contribution < -0.4 is 5.73 Å². The number of halogens is 1. The highest BCUT2D eigenvalue weighted by atomic mass is 19.1. The Morgan fingerprint density at radius 1 is 1.67 bits per heavy atom. The van der Waals surface area contributed by atoms with Gasteiger partial charge in [0, 0.05) is 0 Å². The number of hydrogen-bond donors (Lipinski definition) is 1. The highest BCUT2D eigenvalue weighted by Crippen LogP contribution is 2.43. The fourth-order valence-electron chi connectivity index (χ4n) is 1.17. The van der Waals surface area contributed by atoms with E-state index in [0.717, 1.165) is 12.8 Å². The highest BCUT2D eigenvalue weighted by Gasteiger charge is 2.40. The molecule has 0 amide bonds. The van der Waals surface area contributed by atoms with Crippen LogP contribution in [-0.2, 0) is 0 Å². The topological polar surface area (TPSA) is 26.0 Å². The minimum Gasteiger partial charge on any atom is -0.330 e. The Morgan fingerprint density at radius 3 is 2.56 bits per heavy atom. The molecule has 1 atom stereocenters. The molecule has 1 aliphatic rings. The second-order valence-corrected chi connectivity index (χ2v) is 3.09. The monoisotopic (exact) mass is 131 g/mol. The zero-order chi connectivity index (χ0) is 6.91. The molecule has 0 aromatic carbocycles. The van der Waals surface area contributed by atoms with Gasteiger partial charge in [0.15, 0.2) is 0 Å². The summed E-state index contributed by atoms with van der Waals surface area (Å²) in [6.07, 6.45) is 2.65. The summed E-state index contributed by atoms with van der Waals surface area (Å²) in [5.74, 6) is 0.320. The van der Waals surface area contributed by atoms with E-state index in [4.69, 9.17) is 5.73 Å². The summed E-state index contributed by atoms with van der Waals surface area (Å²) in [4.78, 5) is 0. The molecule has 1 rings (SSSR count). The molecular formula is C7H14FN. The van der Waals surface area contributed by atoms with Gasteiger partial charge >= 0.3 is 0 Å². The molecule has 2 heteroatoms. The molecule has 1 saturated carbocycles. The van der Waals surface area contributed by atoms with Gasteiger partial charge < -0.3 is 5.73 Å². The van der Waals surface area contributed by atoms with Crippen molar-refractivity contribution in [2.24, 2.45) is 11.7 Å². The van der Waals surface area contributed by atoms with Crippen LogP contribution in [0, 0.1) is 5.92 Å². The van der Waals surface area contributed by atoms with Gasteiger partial charge in [0.05, 0.1) is 0 Å². The van der Waals surface area contributed by atoms with E-state index in [-0.39, 0.29) is 0 Å². The van der Waals surface area contributed by atoms with E-state index in [1.54, 1.807) is 6.92 Å². The molecule has 1 aliphatic carbocycles. The van der Waals surface area contributed by atoms with Crippen LogP contribution >= 0.6 is 0 Å². The first-order valence-electron chi connectivity index (χ1n) is 3.56. The molecule has 9 heavy (non-hydrogen) atoms. The maximum absolute atomic E-state index is 13.2. The molecule has 1 nitrogen and oxygen atoms in total. The Kier molecular flexibility index (Phi) is 1.75. The fourth-order valence-corrected chi connectivity index (χ4v) is 1.17.